The number of aromatic nitrogens is 2. The van der Waals surface area contributed by atoms with Crippen molar-refractivity contribution in [3.05, 3.63) is 29.1 Å². The molecule has 1 atom stereocenters. The van der Waals surface area contributed by atoms with E-state index in [4.69, 9.17) is 5.10 Å². The summed E-state index contributed by atoms with van der Waals surface area (Å²) in [6.07, 6.45) is 5.31. The third-order valence-corrected chi connectivity index (χ3v) is 5.85. The number of hydrogen-bond acceptors (Lipinski definition) is 3. The second kappa shape index (κ2) is 8.59. The van der Waals surface area contributed by atoms with E-state index >= 15 is 0 Å². The highest BCUT2D eigenvalue weighted by molar-refractivity contribution is 5.94. The van der Waals surface area contributed by atoms with Gasteiger partial charge in [0.15, 0.2) is 5.69 Å². The van der Waals surface area contributed by atoms with E-state index in [0.29, 0.717) is 12.0 Å². The fraction of sp³-hybridized carbons (Fsp3) is 0.727. The lowest BCUT2D eigenvalue weighted by molar-refractivity contribution is 0.0784. The second-order valence-corrected chi connectivity index (χ2v) is 8.77. The van der Waals surface area contributed by atoms with Crippen molar-refractivity contribution >= 4 is 5.91 Å². The highest BCUT2D eigenvalue weighted by atomic mass is 16.2. The summed E-state index contributed by atoms with van der Waals surface area (Å²) in [6.45, 7) is 17.5. The summed E-state index contributed by atoms with van der Waals surface area (Å²) in [5.41, 5.74) is 4.44. The standard InChI is InChI=1S/C22H36N4O/c1-6-24(14-16(2)3)18-9-10-20-19(13-18)21(23-26(20)15-17(4)5)22(27)25-11-7-8-12-25/h17-18H,2,6-15H2,1,3-5H3. The predicted octanol–water partition coefficient (Wildman–Crippen LogP) is 3.53. The average Bonchev–Trinajstić information content (AvgIpc) is 3.27. The lowest BCUT2D eigenvalue weighted by Crippen LogP contribution is -2.40. The van der Waals surface area contributed by atoms with Crippen molar-refractivity contribution in [3.63, 3.8) is 0 Å². The van der Waals surface area contributed by atoms with Crippen LogP contribution in [0.25, 0.3) is 0 Å². The van der Waals surface area contributed by atoms with Gasteiger partial charge in [0, 0.05) is 43.5 Å². The molecule has 5 nitrogen and oxygen atoms in total. The number of carbonyl (C=O) groups is 1. The minimum Gasteiger partial charge on any atom is -0.337 e. The Labute approximate surface area is 164 Å². The van der Waals surface area contributed by atoms with E-state index in [2.05, 4.69) is 43.9 Å². The summed E-state index contributed by atoms with van der Waals surface area (Å²) in [6, 6.07) is 0.473. The van der Waals surface area contributed by atoms with Crippen molar-refractivity contribution in [1.29, 1.82) is 0 Å². The first kappa shape index (κ1) is 20.1. The highest BCUT2D eigenvalue weighted by Crippen LogP contribution is 2.29. The number of fused-ring (bicyclic) bond motifs is 1. The van der Waals surface area contributed by atoms with Crippen molar-refractivity contribution in [2.45, 2.75) is 72.4 Å². The van der Waals surface area contributed by atoms with Crippen LogP contribution in [0.5, 0.6) is 0 Å². The zero-order valence-corrected chi connectivity index (χ0v) is 17.6. The fourth-order valence-electron chi connectivity index (χ4n) is 4.57. The maximum Gasteiger partial charge on any atom is 0.274 e. The molecule has 0 bridgehead atoms. The van der Waals surface area contributed by atoms with Gasteiger partial charge in [0.05, 0.1) is 0 Å². The van der Waals surface area contributed by atoms with Crippen LogP contribution in [0.4, 0.5) is 0 Å². The van der Waals surface area contributed by atoms with Crippen molar-refractivity contribution in [2.75, 3.05) is 26.2 Å². The molecule has 2 heterocycles. The quantitative estimate of drug-likeness (QED) is 0.688. The third-order valence-electron chi connectivity index (χ3n) is 5.85. The van der Waals surface area contributed by atoms with Gasteiger partial charge in [0.2, 0.25) is 0 Å². The van der Waals surface area contributed by atoms with E-state index < -0.39 is 0 Å². The molecule has 0 N–H and O–H groups in total. The maximum atomic E-state index is 13.2. The Balaban J connectivity index is 1.90. The molecule has 3 rings (SSSR count). The number of nitrogens with zero attached hydrogens (tertiary/aromatic N) is 4. The molecule has 150 valence electrons. The molecule has 1 aliphatic carbocycles. The van der Waals surface area contributed by atoms with E-state index in [1.165, 1.54) is 16.8 Å². The summed E-state index contributed by atoms with van der Waals surface area (Å²) in [7, 11) is 0. The van der Waals surface area contributed by atoms with Gasteiger partial charge >= 0.3 is 0 Å². The Morgan fingerprint density at radius 1 is 1.33 bits per heavy atom. The molecule has 5 heteroatoms. The lowest BCUT2D eigenvalue weighted by atomic mass is 9.89. The van der Waals surface area contributed by atoms with E-state index in [9.17, 15) is 4.79 Å². The first-order valence-electron chi connectivity index (χ1n) is 10.7. The van der Waals surface area contributed by atoms with E-state index in [0.717, 1.165) is 70.5 Å². The second-order valence-electron chi connectivity index (χ2n) is 8.77. The number of likely N-dealkylation sites (tertiary alicyclic amines) is 1. The maximum absolute atomic E-state index is 13.2. The Morgan fingerprint density at radius 2 is 2.04 bits per heavy atom. The van der Waals surface area contributed by atoms with Crippen LogP contribution in [0, 0.1) is 5.92 Å². The number of rotatable bonds is 7. The van der Waals surface area contributed by atoms with E-state index in [-0.39, 0.29) is 5.91 Å². The third kappa shape index (κ3) is 4.45. The van der Waals surface area contributed by atoms with Gasteiger partial charge in [-0.25, -0.2) is 0 Å². The topological polar surface area (TPSA) is 41.4 Å². The van der Waals surface area contributed by atoms with Gasteiger partial charge in [-0.05, 0) is 51.5 Å². The Hall–Kier alpha value is -1.62. The van der Waals surface area contributed by atoms with Crippen molar-refractivity contribution in [2.24, 2.45) is 5.92 Å². The van der Waals surface area contributed by atoms with Crippen LogP contribution in [0.3, 0.4) is 0 Å². The van der Waals surface area contributed by atoms with Crippen LogP contribution in [-0.2, 0) is 19.4 Å². The van der Waals surface area contributed by atoms with Crippen molar-refractivity contribution in [3.8, 4) is 0 Å². The summed E-state index contributed by atoms with van der Waals surface area (Å²) in [5.74, 6) is 0.673. The summed E-state index contributed by atoms with van der Waals surface area (Å²) in [4.78, 5) is 17.7. The first-order chi connectivity index (χ1) is 12.9. The number of carbonyl (C=O) groups excluding carboxylic acids is 1. The lowest BCUT2D eigenvalue weighted by Gasteiger charge is -2.34. The number of amides is 1. The molecule has 1 aromatic rings. The Kier molecular flexibility index (Phi) is 6.40. The Morgan fingerprint density at radius 3 is 2.63 bits per heavy atom. The Bertz CT molecular complexity index is 685. The van der Waals surface area contributed by atoms with Gasteiger partial charge < -0.3 is 4.90 Å². The molecule has 1 aliphatic heterocycles. The highest BCUT2D eigenvalue weighted by Gasteiger charge is 2.33. The molecule has 0 aromatic carbocycles. The molecular weight excluding hydrogens is 336 g/mol. The molecule has 0 spiro atoms. The largest absolute Gasteiger partial charge is 0.337 e. The van der Waals surface area contributed by atoms with Gasteiger partial charge in [-0.1, -0.05) is 32.9 Å². The first-order valence-corrected chi connectivity index (χ1v) is 10.7. The van der Waals surface area contributed by atoms with Crippen molar-refractivity contribution in [1.82, 2.24) is 19.6 Å². The van der Waals surface area contributed by atoms with Crippen LogP contribution in [0.1, 0.15) is 68.7 Å². The molecule has 0 saturated carbocycles. The zero-order valence-electron chi connectivity index (χ0n) is 17.6. The predicted molar refractivity (Wildman–Crippen MR) is 110 cm³/mol. The van der Waals surface area contributed by atoms with Gasteiger partial charge in [-0.3, -0.25) is 14.4 Å². The SMILES string of the molecule is C=C(C)CN(CC)C1CCc2c(c(C(=O)N3CCCC3)nn2CC(C)C)C1. The fourth-order valence-corrected chi connectivity index (χ4v) is 4.57. The summed E-state index contributed by atoms with van der Waals surface area (Å²) in [5, 5.41) is 4.85. The molecular formula is C22H36N4O. The van der Waals surface area contributed by atoms with Gasteiger partial charge in [0.25, 0.3) is 5.91 Å². The molecule has 1 saturated heterocycles. The molecule has 2 aliphatic rings. The smallest absolute Gasteiger partial charge is 0.274 e. The van der Waals surface area contributed by atoms with Gasteiger partial charge in [0.1, 0.15) is 0 Å². The summed E-state index contributed by atoms with van der Waals surface area (Å²) >= 11 is 0. The van der Waals surface area contributed by atoms with Crippen LogP contribution in [0.2, 0.25) is 0 Å². The molecule has 1 unspecified atom stereocenters. The average molecular weight is 373 g/mol. The zero-order chi connectivity index (χ0) is 19.6. The van der Waals surface area contributed by atoms with Crippen molar-refractivity contribution < 1.29 is 4.79 Å². The number of likely N-dealkylation sites (N-methyl/N-ethyl adjacent to an activating group) is 1. The molecule has 1 aromatic heterocycles. The van der Waals surface area contributed by atoms with E-state index in [1.54, 1.807) is 0 Å². The van der Waals surface area contributed by atoms with Crippen LogP contribution >= 0.6 is 0 Å². The van der Waals surface area contributed by atoms with Crippen LogP contribution in [0.15, 0.2) is 12.2 Å². The van der Waals surface area contributed by atoms with Gasteiger partial charge in [-0.2, -0.15) is 5.10 Å². The molecule has 1 fully saturated rings. The number of hydrogen-bond donors (Lipinski definition) is 0. The molecule has 27 heavy (non-hydrogen) atoms. The minimum absolute atomic E-state index is 0.148. The summed E-state index contributed by atoms with van der Waals surface area (Å²) < 4.78 is 2.13. The monoisotopic (exact) mass is 372 g/mol. The molecule has 0 radical (unpaired) electrons. The minimum atomic E-state index is 0.148. The van der Waals surface area contributed by atoms with Crippen LogP contribution < -0.4 is 0 Å². The van der Waals surface area contributed by atoms with Crippen LogP contribution in [-0.4, -0.2) is 57.7 Å². The molecule has 1 amide bonds. The van der Waals surface area contributed by atoms with Gasteiger partial charge in [-0.15, -0.1) is 0 Å². The van der Waals surface area contributed by atoms with E-state index in [1.807, 2.05) is 4.90 Å². The normalized spacial score (nSPS) is 19.8.